The monoisotopic (exact) mass is 162 g/mol. The van der Waals surface area contributed by atoms with Crippen molar-refractivity contribution in [2.45, 2.75) is 4.34 Å². The second-order valence-corrected chi connectivity index (χ2v) is 4.87. The van der Waals surface area contributed by atoms with Crippen molar-refractivity contribution in [1.82, 2.24) is 4.98 Å². The minimum absolute atomic E-state index is 0.405. The standard InChI is InChI=1S/C4H6N2OS2/c1-9(5,7)4-6-2-3-8-4/h2-3,5H,1H3. The molecule has 1 atom stereocenters. The molecule has 0 fully saturated rings. The van der Waals surface area contributed by atoms with Crippen molar-refractivity contribution in [3.63, 3.8) is 0 Å². The first-order valence-corrected chi connectivity index (χ1v) is 5.08. The molecule has 1 N–H and O–H groups in total. The lowest BCUT2D eigenvalue weighted by atomic mass is 11.0. The molecule has 1 aromatic rings. The smallest absolute Gasteiger partial charge is 0.188 e. The minimum atomic E-state index is -2.55. The van der Waals surface area contributed by atoms with Gasteiger partial charge in [-0.1, -0.05) is 0 Å². The largest absolute Gasteiger partial charge is 0.247 e. The van der Waals surface area contributed by atoms with Crippen molar-refractivity contribution in [2.75, 3.05) is 6.26 Å². The Morgan fingerprint density at radius 1 is 1.89 bits per heavy atom. The van der Waals surface area contributed by atoms with Crippen LogP contribution in [-0.2, 0) is 9.73 Å². The predicted octanol–water partition coefficient (Wildman–Crippen LogP) is 1.18. The highest BCUT2D eigenvalue weighted by molar-refractivity contribution is 7.93. The molecule has 5 heteroatoms. The first kappa shape index (κ1) is 6.70. The summed E-state index contributed by atoms with van der Waals surface area (Å²) in [5.41, 5.74) is 0. The summed E-state index contributed by atoms with van der Waals surface area (Å²) in [6.45, 7) is 0. The van der Waals surface area contributed by atoms with Crippen LogP contribution in [0, 0.1) is 4.78 Å². The van der Waals surface area contributed by atoms with Crippen LogP contribution in [0.5, 0.6) is 0 Å². The molecule has 1 rings (SSSR count). The summed E-state index contributed by atoms with van der Waals surface area (Å²) in [7, 11) is -2.55. The number of thiazole rings is 1. The topological polar surface area (TPSA) is 53.8 Å². The molecule has 9 heavy (non-hydrogen) atoms. The molecular formula is C4H6N2OS2. The Labute approximate surface area is 57.7 Å². The quantitative estimate of drug-likeness (QED) is 0.674. The van der Waals surface area contributed by atoms with Gasteiger partial charge in [-0.05, 0) is 0 Å². The Morgan fingerprint density at radius 2 is 2.56 bits per heavy atom. The Kier molecular flexibility index (Phi) is 1.54. The zero-order valence-electron chi connectivity index (χ0n) is 4.83. The fourth-order valence-electron chi connectivity index (χ4n) is 0.403. The summed E-state index contributed by atoms with van der Waals surface area (Å²) in [6, 6.07) is 0. The molecule has 1 aromatic heterocycles. The molecule has 3 nitrogen and oxygen atoms in total. The van der Waals surface area contributed by atoms with Crippen LogP contribution in [0.25, 0.3) is 0 Å². The Morgan fingerprint density at radius 3 is 2.78 bits per heavy atom. The maximum absolute atomic E-state index is 10.9. The zero-order chi connectivity index (χ0) is 6.91. The third-order valence-electron chi connectivity index (χ3n) is 0.743. The van der Waals surface area contributed by atoms with Crippen LogP contribution in [0.1, 0.15) is 0 Å². The van der Waals surface area contributed by atoms with E-state index < -0.39 is 9.73 Å². The van der Waals surface area contributed by atoms with Gasteiger partial charge in [0.25, 0.3) is 0 Å². The van der Waals surface area contributed by atoms with Crippen molar-refractivity contribution in [3.05, 3.63) is 11.6 Å². The van der Waals surface area contributed by atoms with E-state index in [0.29, 0.717) is 4.34 Å². The zero-order valence-corrected chi connectivity index (χ0v) is 6.46. The van der Waals surface area contributed by atoms with E-state index in [9.17, 15) is 4.21 Å². The van der Waals surface area contributed by atoms with Crippen molar-refractivity contribution in [2.24, 2.45) is 0 Å². The van der Waals surface area contributed by atoms with E-state index in [2.05, 4.69) is 4.98 Å². The third kappa shape index (κ3) is 1.49. The molecule has 0 spiro atoms. The molecule has 0 saturated carbocycles. The average molecular weight is 162 g/mol. The Bertz CT molecular complexity index is 274. The number of hydrogen-bond acceptors (Lipinski definition) is 4. The predicted molar refractivity (Wildman–Crippen MR) is 37.2 cm³/mol. The molecule has 1 heterocycles. The Balaban J connectivity index is 3.20. The molecule has 0 radical (unpaired) electrons. The van der Waals surface area contributed by atoms with E-state index in [0.717, 1.165) is 0 Å². The van der Waals surface area contributed by atoms with Crippen molar-refractivity contribution < 1.29 is 4.21 Å². The maximum Gasteiger partial charge on any atom is 0.188 e. The highest BCUT2D eigenvalue weighted by Gasteiger charge is 2.03. The molecule has 50 valence electrons. The van der Waals surface area contributed by atoms with Gasteiger partial charge < -0.3 is 0 Å². The fourth-order valence-corrected chi connectivity index (χ4v) is 1.93. The van der Waals surface area contributed by atoms with E-state index in [4.69, 9.17) is 4.78 Å². The van der Waals surface area contributed by atoms with Crippen LogP contribution in [0.2, 0.25) is 0 Å². The summed E-state index contributed by atoms with van der Waals surface area (Å²) >= 11 is 1.26. The van der Waals surface area contributed by atoms with Crippen LogP contribution in [0.4, 0.5) is 0 Å². The first-order chi connectivity index (χ1) is 4.11. The fraction of sp³-hybridized carbons (Fsp3) is 0.250. The lowest BCUT2D eigenvalue weighted by molar-refractivity contribution is 0.678. The van der Waals surface area contributed by atoms with E-state index in [1.807, 2.05) is 0 Å². The molecule has 0 aliphatic carbocycles. The van der Waals surface area contributed by atoms with Gasteiger partial charge in [-0.2, -0.15) is 0 Å². The van der Waals surface area contributed by atoms with Gasteiger partial charge in [-0.25, -0.2) is 14.0 Å². The number of aromatic nitrogens is 1. The van der Waals surface area contributed by atoms with E-state index in [-0.39, 0.29) is 0 Å². The number of rotatable bonds is 1. The average Bonchev–Trinajstić information content (AvgIpc) is 2.08. The van der Waals surface area contributed by atoms with Gasteiger partial charge in [-0.3, -0.25) is 0 Å². The van der Waals surface area contributed by atoms with Gasteiger partial charge in [0.2, 0.25) is 0 Å². The van der Waals surface area contributed by atoms with Crippen molar-refractivity contribution in [1.29, 1.82) is 4.78 Å². The van der Waals surface area contributed by atoms with Crippen LogP contribution < -0.4 is 0 Å². The van der Waals surface area contributed by atoms with Crippen molar-refractivity contribution in [3.8, 4) is 0 Å². The van der Waals surface area contributed by atoms with E-state index >= 15 is 0 Å². The molecule has 0 aliphatic rings. The van der Waals surface area contributed by atoms with Crippen LogP contribution in [0.15, 0.2) is 15.9 Å². The summed E-state index contributed by atoms with van der Waals surface area (Å²) in [5.74, 6) is 0. The second kappa shape index (κ2) is 2.07. The van der Waals surface area contributed by atoms with Crippen LogP contribution >= 0.6 is 11.3 Å². The molecular weight excluding hydrogens is 156 g/mol. The summed E-state index contributed by atoms with van der Waals surface area (Å²) in [6.07, 6.45) is 2.92. The molecule has 1 unspecified atom stereocenters. The Hall–Kier alpha value is -0.420. The lowest BCUT2D eigenvalue weighted by Gasteiger charge is -1.89. The van der Waals surface area contributed by atoms with Gasteiger partial charge in [0.1, 0.15) is 0 Å². The highest BCUT2D eigenvalue weighted by atomic mass is 32.2. The van der Waals surface area contributed by atoms with Crippen molar-refractivity contribution >= 4 is 21.1 Å². The number of hydrogen-bond donors (Lipinski definition) is 1. The van der Waals surface area contributed by atoms with Crippen LogP contribution in [0.3, 0.4) is 0 Å². The second-order valence-electron chi connectivity index (χ2n) is 1.64. The molecule has 0 bridgehead atoms. The summed E-state index contributed by atoms with van der Waals surface area (Å²) in [5, 5.41) is 1.72. The van der Waals surface area contributed by atoms with Gasteiger partial charge in [-0.15, -0.1) is 11.3 Å². The van der Waals surface area contributed by atoms with Gasteiger partial charge >= 0.3 is 0 Å². The lowest BCUT2D eigenvalue weighted by Crippen LogP contribution is -1.91. The minimum Gasteiger partial charge on any atom is -0.247 e. The van der Waals surface area contributed by atoms with Crippen LogP contribution in [-0.4, -0.2) is 15.4 Å². The highest BCUT2D eigenvalue weighted by Crippen LogP contribution is 2.10. The first-order valence-electron chi connectivity index (χ1n) is 2.24. The molecule has 0 aromatic carbocycles. The summed E-state index contributed by atoms with van der Waals surface area (Å²) in [4.78, 5) is 3.74. The number of nitrogens with one attached hydrogen (secondary N) is 1. The third-order valence-corrected chi connectivity index (χ3v) is 3.32. The summed E-state index contributed by atoms with van der Waals surface area (Å²) < 4.78 is 18.3. The molecule has 0 aliphatic heterocycles. The normalized spacial score (nSPS) is 17.0. The maximum atomic E-state index is 10.9. The van der Waals surface area contributed by atoms with E-state index in [1.54, 1.807) is 11.6 Å². The molecule has 0 amide bonds. The molecule has 0 saturated heterocycles. The van der Waals surface area contributed by atoms with E-state index in [1.165, 1.54) is 17.6 Å². The SMILES string of the molecule is CS(=N)(=O)c1nccs1. The number of nitrogens with zero attached hydrogens (tertiary/aromatic N) is 1. The van der Waals surface area contributed by atoms with Gasteiger partial charge in [0.05, 0.1) is 9.73 Å². The van der Waals surface area contributed by atoms with Gasteiger partial charge in [0.15, 0.2) is 4.34 Å². The van der Waals surface area contributed by atoms with Gasteiger partial charge in [0, 0.05) is 17.8 Å².